The van der Waals surface area contributed by atoms with Crippen molar-refractivity contribution in [3.05, 3.63) is 28.3 Å². The second-order valence-electron chi connectivity index (χ2n) is 9.28. The smallest absolute Gasteiger partial charge is 0.549 e. The SMILES string of the molecule is COc1cc([N+](=O)[O-])ccc1S(=O)(=O)NCCN1CCN(CC(=O)[O-])CCN(CC(=O)[O-])CCN(CC(=O)[O-])CC1.[Gd+3]. The number of rotatable bonds is 13. The van der Waals surface area contributed by atoms with E-state index in [-0.39, 0.29) is 122 Å². The zero-order valence-electron chi connectivity index (χ0n) is 22.9. The first-order valence-electron chi connectivity index (χ1n) is 12.6. The van der Waals surface area contributed by atoms with E-state index in [1.54, 1.807) is 9.80 Å². The molecule has 1 fully saturated rings. The summed E-state index contributed by atoms with van der Waals surface area (Å²) < 4.78 is 33.3. The topological polar surface area (TPSA) is 232 Å². The number of carbonyl (C=O) groups excluding carboxylic acids is 3. The summed E-state index contributed by atoms with van der Waals surface area (Å²) in [7, 11) is -2.95. The Balaban J connectivity index is 0.00000882. The number of carboxylic acid groups (broad SMARTS) is 3. The Kier molecular flexibility index (Phi) is 16.7. The molecular weight excluding hydrogens is 726 g/mol. The molecule has 0 amide bonds. The van der Waals surface area contributed by atoms with Crippen LogP contribution in [0.3, 0.4) is 0 Å². The summed E-state index contributed by atoms with van der Waals surface area (Å²) in [4.78, 5) is 50.2. The number of benzene rings is 1. The first-order chi connectivity index (χ1) is 19.3. The van der Waals surface area contributed by atoms with Gasteiger partial charge in [0.1, 0.15) is 10.6 Å². The zero-order chi connectivity index (χ0) is 30.6. The van der Waals surface area contributed by atoms with Gasteiger partial charge in [-0.15, -0.1) is 0 Å². The third-order valence-corrected chi connectivity index (χ3v) is 7.86. The van der Waals surface area contributed by atoms with Crippen LogP contribution in [0, 0.1) is 50.1 Å². The fourth-order valence-corrected chi connectivity index (χ4v) is 5.40. The molecule has 0 saturated carbocycles. The minimum absolute atomic E-state index is 0. The molecule has 17 nitrogen and oxygen atoms in total. The maximum absolute atomic E-state index is 12.9. The Labute approximate surface area is 275 Å². The van der Waals surface area contributed by atoms with Crippen molar-refractivity contribution in [1.82, 2.24) is 24.3 Å². The molecule has 0 aliphatic carbocycles. The van der Waals surface area contributed by atoms with Gasteiger partial charge < -0.3 is 34.4 Å². The van der Waals surface area contributed by atoms with Crippen LogP contribution in [-0.2, 0) is 24.4 Å². The molecule has 42 heavy (non-hydrogen) atoms. The van der Waals surface area contributed by atoms with E-state index >= 15 is 0 Å². The summed E-state index contributed by atoms with van der Waals surface area (Å²) in [6.07, 6.45) is 0. The van der Waals surface area contributed by atoms with Gasteiger partial charge in [0.15, 0.2) is 0 Å². The maximum atomic E-state index is 12.9. The monoisotopic (exact) mass is 759 g/mol. The van der Waals surface area contributed by atoms with Crippen molar-refractivity contribution < 1.29 is 87.7 Å². The van der Waals surface area contributed by atoms with Crippen molar-refractivity contribution >= 4 is 33.6 Å². The van der Waals surface area contributed by atoms with E-state index < -0.39 is 52.5 Å². The van der Waals surface area contributed by atoms with Gasteiger partial charge in [0, 0.05) is 91.1 Å². The minimum atomic E-state index is -4.13. The van der Waals surface area contributed by atoms with Crippen LogP contribution >= 0.6 is 0 Å². The van der Waals surface area contributed by atoms with Gasteiger partial charge in [-0.2, -0.15) is 0 Å². The van der Waals surface area contributed by atoms with Crippen LogP contribution in [0.5, 0.6) is 5.75 Å². The number of hydrogen-bond donors (Lipinski definition) is 1. The molecule has 19 heteroatoms. The number of ether oxygens (including phenoxy) is 1. The first-order valence-corrected chi connectivity index (χ1v) is 14.1. The van der Waals surface area contributed by atoms with Gasteiger partial charge in [-0.05, 0) is 6.07 Å². The number of hydrogen-bond acceptors (Lipinski definition) is 15. The molecule has 1 aliphatic rings. The number of nitrogens with zero attached hydrogens (tertiary/aromatic N) is 5. The van der Waals surface area contributed by atoms with Crippen LogP contribution in [-0.4, -0.2) is 143 Å². The largest absolute Gasteiger partial charge is 3.00 e. The summed E-state index contributed by atoms with van der Waals surface area (Å²) in [5, 5.41) is 44.7. The number of carboxylic acids is 3. The Morgan fingerprint density at radius 2 is 1.24 bits per heavy atom. The molecule has 0 unspecified atom stereocenters. The number of nitro benzene ring substituents is 1. The van der Waals surface area contributed by atoms with Gasteiger partial charge in [-0.3, -0.25) is 29.7 Å². The first kappa shape index (κ1) is 37.9. The molecule has 1 N–H and O–H groups in total. The number of nitro groups is 1. The maximum Gasteiger partial charge on any atom is 3.00 e. The fourth-order valence-electron chi connectivity index (χ4n) is 4.23. The third kappa shape index (κ3) is 13.5. The molecule has 0 aromatic heterocycles. The van der Waals surface area contributed by atoms with Crippen LogP contribution in [0.4, 0.5) is 5.69 Å². The van der Waals surface area contributed by atoms with E-state index in [9.17, 15) is 48.2 Å². The predicted octanol–water partition coefficient (Wildman–Crippen LogP) is -5.65. The van der Waals surface area contributed by atoms with Crippen molar-refractivity contribution in [2.45, 2.75) is 4.90 Å². The average Bonchev–Trinajstić information content (AvgIpc) is 2.88. The molecule has 1 aromatic carbocycles. The fraction of sp³-hybridized carbons (Fsp3) is 0.609. The standard InChI is InChI=1S/C23H36N6O11S.Gd/c1-40-19-14-18(29(36)37)2-3-20(19)41(38,39)24-4-5-25-6-8-26(15-21(30)31)10-12-28(17-23(34)35)13-11-27(9-7-25)16-22(32)33;/h2-3,14,24H,4-13,15-17H2,1H3,(H,30,31)(H,32,33)(H,34,35);/q;+3/p-3. The van der Waals surface area contributed by atoms with Crippen LogP contribution < -0.4 is 24.8 Å². The normalized spacial score (nSPS) is 16.9. The summed E-state index contributed by atoms with van der Waals surface area (Å²) >= 11 is 0. The van der Waals surface area contributed by atoms with Gasteiger partial charge in [-0.25, -0.2) is 13.1 Å². The van der Waals surface area contributed by atoms with E-state index in [2.05, 4.69) is 4.72 Å². The van der Waals surface area contributed by atoms with Crippen molar-refractivity contribution in [3.63, 3.8) is 0 Å². The van der Waals surface area contributed by atoms with E-state index in [1.807, 2.05) is 4.90 Å². The van der Waals surface area contributed by atoms with E-state index in [0.717, 1.165) is 18.2 Å². The van der Waals surface area contributed by atoms with Crippen LogP contribution in [0.15, 0.2) is 23.1 Å². The summed E-state index contributed by atoms with van der Waals surface area (Å²) in [5.74, 6) is -4.17. The van der Waals surface area contributed by atoms with E-state index in [4.69, 9.17) is 4.74 Å². The van der Waals surface area contributed by atoms with E-state index in [0.29, 0.717) is 0 Å². The molecule has 1 aromatic rings. The molecular formula is C23H33GdN6O11S. The van der Waals surface area contributed by atoms with Gasteiger partial charge in [-0.1, -0.05) is 0 Å². The summed E-state index contributed by atoms with van der Waals surface area (Å²) in [5.41, 5.74) is -0.342. The minimum Gasteiger partial charge on any atom is -0.549 e. The van der Waals surface area contributed by atoms with Crippen molar-refractivity contribution in [2.75, 3.05) is 92.2 Å². The Bertz CT molecular complexity index is 1160. The quantitative estimate of drug-likeness (QED) is 0.146. The van der Waals surface area contributed by atoms with Gasteiger partial charge >= 0.3 is 39.9 Å². The molecule has 1 heterocycles. The molecule has 0 spiro atoms. The molecule has 235 valence electrons. The van der Waals surface area contributed by atoms with Gasteiger partial charge in [0.05, 0.1) is 36.0 Å². The molecule has 1 aliphatic heterocycles. The van der Waals surface area contributed by atoms with Crippen molar-refractivity contribution in [2.24, 2.45) is 0 Å². The molecule has 0 atom stereocenters. The van der Waals surface area contributed by atoms with E-state index in [1.165, 1.54) is 12.0 Å². The molecule has 0 bridgehead atoms. The van der Waals surface area contributed by atoms with Crippen LogP contribution in [0.1, 0.15) is 0 Å². The summed E-state index contributed by atoms with van der Waals surface area (Å²) in [6.45, 7) is 0.542. The van der Waals surface area contributed by atoms with Crippen LogP contribution in [0.2, 0.25) is 0 Å². The average molecular weight is 759 g/mol. The number of non-ortho nitro benzene ring substituents is 1. The Hall–Kier alpha value is -2.10. The van der Waals surface area contributed by atoms with Crippen molar-refractivity contribution in [1.29, 1.82) is 0 Å². The number of methoxy groups -OCH3 is 1. The Morgan fingerprint density at radius 1 is 0.833 bits per heavy atom. The van der Waals surface area contributed by atoms with Gasteiger partial charge in [0.2, 0.25) is 10.0 Å². The second kappa shape index (κ2) is 18.5. The predicted molar refractivity (Wildman–Crippen MR) is 136 cm³/mol. The number of nitrogens with one attached hydrogen (secondary N) is 1. The second-order valence-corrected chi connectivity index (χ2v) is 11.0. The number of aliphatic carboxylic acids is 3. The van der Waals surface area contributed by atoms with Gasteiger partial charge in [0.25, 0.3) is 5.69 Å². The Morgan fingerprint density at radius 3 is 1.60 bits per heavy atom. The number of carbonyl (C=O) groups is 3. The zero-order valence-corrected chi connectivity index (χ0v) is 26.0. The number of sulfonamides is 1. The molecule has 1 radical (unpaired) electrons. The molecule has 2 rings (SSSR count). The van der Waals surface area contributed by atoms with Crippen molar-refractivity contribution in [3.8, 4) is 5.75 Å². The summed E-state index contributed by atoms with van der Waals surface area (Å²) in [6, 6.07) is 3.10. The third-order valence-electron chi connectivity index (χ3n) is 6.36. The molecule has 1 saturated heterocycles. The van der Waals surface area contributed by atoms with Crippen LogP contribution in [0.25, 0.3) is 0 Å².